The molecule has 0 bridgehead atoms. The van der Waals surface area contributed by atoms with Crippen LogP contribution >= 0.6 is 11.3 Å². The molecule has 1 saturated carbocycles. The molecule has 1 saturated heterocycles. The van der Waals surface area contributed by atoms with Crippen molar-refractivity contribution in [2.45, 2.75) is 57.0 Å². The van der Waals surface area contributed by atoms with Gasteiger partial charge in [-0.15, -0.1) is 11.3 Å². The van der Waals surface area contributed by atoms with Gasteiger partial charge in [0.2, 0.25) is 5.91 Å². The van der Waals surface area contributed by atoms with Gasteiger partial charge in [0, 0.05) is 27.9 Å². The molecule has 6 nitrogen and oxygen atoms in total. The van der Waals surface area contributed by atoms with E-state index in [-0.39, 0.29) is 29.6 Å². The molecule has 1 aliphatic heterocycles. The summed E-state index contributed by atoms with van der Waals surface area (Å²) in [5, 5.41) is 1.86. The predicted molar refractivity (Wildman–Crippen MR) is 115 cm³/mol. The molecule has 4 rings (SSSR count). The van der Waals surface area contributed by atoms with Crippen molar-refractivity contribution in [1.82, 2.24) is 21.1 Å². The topological polar surface area (TPSA) is 73.5 Å². The van der Waals surface area contributed by atoms with Crippen molar-refractivity contribution in [2.75, 3.05) is 6.54 Å². The van der Waals surface area contributed by atoms with Crippen LogP contribution < -0.4 is 16.2 Å². The van der Waals surface area contributed by atoms with Crippen molar-refractivity contribution < 1.29 is 22.8 Å². The van der Waals surface area contributed by atoms with Gasteiger partial charge in [0.25, 0.3) is 5.91 Å². The molecule has 2 atom stereocenters. The average Bonchev–Trinajstić information content (AvgIpc) is 3.30. The Morgan fingerprint density at radius 2 is 1.84 bits per heavy atom. The Morgan fingerprint density at radius 1 is 1.12 bits per heavy atom. The van der Waals surface area contributed by atoms with Crippen molar-refractivity contribution in [2.24, 2.45) is 0 Å². The number of nitrogens with zero attached hydrogens (tertiary/aromatic N) is 1. The SMILES string of the molecule is Cc1ccc(C2CC(C(=O)N(Cc3ccc(C(=O)NCC(F)(F)F)cc3)C3CC3)NN2)s1. The first kappa shape index (κ1) is 22.8. The molecule has 1 aromatic carbocycles. The van der Waals surface area contributed by atoms with Crippen molar-refractivity contribution in [3.8, 4) is 0 Å². The molecule has 2 heterocycles. The first-order chi connectivity index (χ1) is 15.2. The molecule has 2 unspecified atom stereocenters. The highest BCUT2D eigenvalue weighted by Gasteiger charge is 2.39. The molecular formula is C22H25F3N4O2S. The number of hydrogen-bond donors (Lipinski definition) is 3. The molecule has 10 heteroatoms. The van der Waals surface area contributed by atoms with Crippen molar-refractivity contribution in [3.05, 3.63) is 57.3 Å². The highest BCUT2D eigenvalue weighted by atomic mass is 32.1. The second-order valence-electron chi connectivity index (χ2n) is 8.27. The minimum absolute atomic E-state index is 0.0303. The fourth-order valence-electron chi connectivity index (χ4n) is 3.76. The van der Waals surface area contributed by atoms with E-state index in [1.54, 1.807) is 23.5 Å². The van der Waals surface area contributed by atoms with Gasteiger partial charge in [0.1, 0.15) is 12.6 Å². The van der Waals surface area contributed by atoms with E-state index in [4.69, 9.17) is 0 Å². The number of thiophene rings is 1. The van der Waals surface area contributed by atoms with Crippen LogP contribution in [0.1, 0.15) is 51.0 Å². The Kier molecular flexibility index (Phi) is 6.55. The molecule has 172 valence electrons. The van der Waals surface area contributed by atoms with Gasteiger partial charge in [-0.25, -0.2) is 10.9 Å². The molecule has 1 aliphatic carbocycles. The van der Waals surface area contributed by atoms with E-state index in [2.05, 4.69) is 29.9 Å². The lowest BCUT2D eigenvalue weighted by Gasteiger charge is -2.25. The predicted octanol–water partition coefficient (Wildman–Crippen LogP) is 3.45. The van der Waals surface area contributed by atoms with Crippen molar-refractivity contribution >= 4 is 23.2 Å². The first-order valence-electron chi connectivity index (χ1n) is 10.5. The van der Waals surface area contributed by atoms with E-state index in [1.165, 1.54) is 21.9 Å². The summed E-state index contributed by atoms with van der Waals surface area (Å²) in [6, 6.07) is 10.5. The number of carbonyl (C=O) groups is 2. The summed E-state index contributed by atoms with van der Waals surface area (Å²) in [5.41, 5.74) is 7.34. The van der Waals surface area contributed by atoms with Gasteiger partial charge in [-0.05, 0) is 56.0 Å². The van der Waals surface area contributed by atoms with Crippen LogP contribution in [-0.4, -0.2) is 41.5 Å². The smallest absolute Gasteiger partial charge is 0.343 e. The minimum Gasteiger partial charge on any atom is -0.343 e. The van der Waals surface area contributed by atoms with Gasteiger partial charge in [0.15, 0.2) is 0 Å². The molecule has 2 amide bonds. The second kappa shape index (κ2) is 9.21. The Morgan fingerprint density at radius 3 is 2.44 bits per heavy atom. The van der Waals surface area contributed by atoms with Gasteiger partial charge in [-0.3, -0.25) is 9.59 Å². The minimum atomic E-state index is -4.45. The third-order valence-electron chi connectivity index (χ3n) is 5.60. The fourth-order valence-corrected chi connectivity index (χ4v) is 4.70. The van der Waals surface area contributed by atoms with E-state index >= 15 is 0 Å². The highest BCUT2D eigenvalue weighted by Crippen LogP contribution is 2.32. The molecule has 2 aromatic rings. The standard InChI is InChI=1S/C22H25F3N4O2S/c1-13-2-9-19(32-13)17-10-18(28-27-17)21(31)29(16-7-8-16)11-14-3-5-15(6-4-14)20(30)26-12-22(23,24)25/h2-6,9,16-18,27-28H,7-8,10-12H2,1H3,(H,26,30). The van der Waals surface area contributed by atoms with Crippen LogP contribution in [-0.2, 0) is 11.3 Å². The zero-order valence-electron chi connectivity index (χ0n) is 17.5. The van der Waals surface area contributed by atoms with E-state index in [1.807, 2.05) is 10.2 Å². The number of aryl methyl sites for hydroxylation is 1. The van der Waals surface area contributed by atoms with Crippen molar-refractivity contribution in [1.29, 1.82) is 0 Å². The largest absolute Gasteiger partial charge is 0.405 e. The summed E-state index contributed by atoms with van der Waals surface area (Å²) < 4.78 is 36.9. The Balaban J connectivity index is 1.36. The van der Waals surface area contributed by atoms with E-state index in [9.17, 15) is 22.8 Å². The maximum atomic E-state index is 13.2. The maximum Gasteiger partial charge on any atom is 0.405 e. The monoisotopic (exact) mass is 466 g/mol. The summed E-state index contributed by atoms with van der Waals surface area (Å²) >= 11 is 1.71. The first-order valence-corrected chi connectivity index (χ1v) is 11.3. The Labute approximate surface area is 188 Å². The number of hydrogen-bond acceptors (Lipinski definition) is 5. The van der Waals surface area contributed by atoms with Crippen LogP contribution in [0.25, 0.3) is 0 Å². The number of hydrazine groups is 1. The fraction of sp³-hybridized carbons (Fsp3) is 0.455. The third-order valence-corrected chi connectivity index (χ3v) is 6.71. The Bertz CT molecular complexity index is 972. The number of rotatable bonds is 7. The molecule has 2 aliphatic rings. The number of halogens is 3. The van der Waals surface area contributed by atoms with Crippen LogP contribution in [0.3, 0.4) is 0 Å². The molecule has 0 radical (unpaired) electrons. The molecule has 32 heavy (non-hydrogen) atoms. The number of amides is 2. The number of nitrogens with one attached hydrogen (secondary N) is 3. The molecule has 0 spiro atoms. The lowest BCUT2D eigenvalue weighted by Crippen LogP contribution is -2.46. The molecular weight excluding hydrogens is 441 g/mol. The average molecular weight is 467 g/mol. The zero-order valence-corrected chi connectivity index (χ0v) is 18.4. The normalized spacial score (nSPS) is 20.9. The highest BCUT2D eigenvalue weighted by molar-refractivity contribution is 7.12. The second-order valence-corrected chi connectivity index (χ2v) is 9.59. The van der Waals surface area contributed by atoms with Crippen LogP contribution in [0.5, 0.6) is 0 Å². The van der Waals surface area contributed by atoms with Gasteiger partial charge in [-0.2, -0.15) is 13.2 Å². The van der Waals surface area contributed by atoms with Gasteiger partial charge >= 0.3 is 6.18 Å². The quantitative estimate of drug-likeness (QED) is 0.585. The molecule has 2 fully saturated rings. The zero-order chi connectivity index (χ0) is 22.9. The van der Waals surface area contributed by atoms with Gasteiger partial charge in [-0.1, -0.05) is 12.1 Å². The van der Waals surface area contributed by atoms with Crippen LogP contribution in [0.15, 0.2) is 36.4 Å². The summed E-state index contributed by atoms with van der Waals surface area (Å²) in [7, 11) is 0. The summed E-state index contributed by atoms with van der Waals surface area (Å²) in [4.78, 5) is 29.4. The lowest BCUT2D eigenvalue weighted by molar-refractivity contribution is -0.134. The summed E-state index contributed by atoms with van der Waals surface area (Å²) in [6.45, 7) is 1.08. The van der Waals surface area contributed by atoms with E-state index in [0.29, 0.717) is 13.0 Å². The maximum absolute atomic E-state index is 13.2. The molecule has 1 aromatic heterocycles. The van der Waals surface area contributed by atoms with Crippen LogP contribution in [0.4, 0.5) is 13.2 Å². The van der Waals surface area contributed by atoms with Crippen LogP contribution in [0, 0.1) is 6.92 Å². The van der Waals surface area contributed by atoms with Gasteiger partial charge < -0.3 is 10.2 Å². The van der Waals surface area contributed by atoms with E-state index < -0.39 is 18.6 Å². The van der Waals surface area contributed by atoms with Gasteiger partial charge in [0.05, 0.1) is 6.04 Å². The number of carbonyl (C=O) groups excluding carboxylic acids is 2. The number of benzene rings is 1. The van der Waals surface area contributed by atoms with E-state index in [0.717, 1.165) is 18.4 Å². The molecule has 3 N–H and O–H groups in total. The van der Waals surface area contributed by atoms with Crippen molar-refractivity contribution in [3.63, 3.8) is 0 Å². The Hall–Kier alpha value is -2.43. The number of alkyl halides is 3. The van der Waals surface area contributed by atoms with Crippen LogP contribution in [0.2, 0.25) is 0 Å². The lowest BCUT2D eigenvalue weighted by atomic mass is 10.1. The third kappa shape index (κ3) is 5.67. The summed E-state index contributed by atoms with van der Waals surface area (Å²) in [6.07, 6.45) is -1.87. The summed E-state index contributed by atoms with van der Waals surface area (Å²) in [5.74, 6) is -0.747.